The van der Waals surface area contributed by atoms with E-state index in [0.29, 0.717) is 12.1 Å². The number of para-hydroxylation sites is 2. The molecule has 3 rings (SSSR count). The Kier molecular flexibility index (Phi) is 6.01. The molecule has 0 amide bonds. The van der Waals surface area contributed by atoms with Crippen LogP contribution in [-0.2, 0) is 13.6 Å². The lowest BCUT2D eigenvalue weighted by molar-refractivity contribution is 0.249. The van der Waals surface area contributed by atoms with Gasteiger partial charge in [-0.3, -0.25) is 14.3 Å². The molecule has 1 fully saturated rings. The Morgan fingerprint density at radius 1 is 1.04 bits per heavy atom. The second-order valence-electron chi connectivity index (χ2n) is 7.01. The zero-order valence-electron chi connectivity index (χ0n) is 16.4. The first-order valence-corrected chi connectivity index (χ1v) is 9.38. The molecule has 2 aromatic rings. The van der Waals surface area contributed by atoms with E-state index in [-0.39, 0.29) is 11.2 Å². The Hall–Kier alpha value is -2.54. The molecule has 7 nitrogen and oxygen atoms in total. The standard InChI is InChI=1S/C20H28N4O3/c1-16-15-24(20(26)21(2)19(16)25)10-6-9-22-11-13-23(14-12-22)17-7-4-5-8-18(17)27-3/h4-5,7-8,15H,6,9-14H2,1-3H3. The van der Waals surface area contributed by atoms with Crippen molar-refractivity contribution in [2.75, 3.05) is 44.7 Å². The minimum absolute atomic E-state index is 0.219. The summed E-state index contributed by atoms with van der Waals surface area (Å²) in [7, 11) is 3.24. The number of methoxy groups -OCH3 is 1. The van der Waals surface area contributed by atoms with Crippen LogP contribution >= 0.6 is 0 Å². The average Bonchev–Trinajstić information content (AvgIpc) is 2.70. The highest BCUT2D eigenvalue weighted by Gasteiger charge is 2.19. The highest BCUT2D eigenvalue weighted by Crippen LogP contribution is 2.28. The summed E-state index contributed by atoms with van der Waals surface area (Å²) in [6, 6.07) is 8.12. The number of nitrogens with zero attached hydrogens (tertiary/aromatic N) is 4. The van der Waals surface area contributed by atoms with Gasteiger partial charge < -0.3 is 14.2 Å². The zero-order valence-corrected chi connectivity index (χ0v) is 16.4. The fraction of sp³-hybridized carbons (Fsp3) is 0.500. The number of benzene rings is 1. The first kappa shape index (κ1) is 19.2. The predicted octanol–water partition coefficient (Wildman–Crippen LogP) is 1.08. The first-order valence-electron chi connectivity index (χ1n) is 9.38. The lowest BCUT2D eigenvalue weighted by Crippen LogP contribution is -2.47. The molecule has 0 spiro atoms. The third-order valence-corrected chi connectivity index (χ3v) is 5.20. The van der Waals surface area contributed by atoms with E-state index in [1.807, 2.05) is 18.2 Å². The molecule has 1 aromatic carbocycles. The van der Waals surface area contributed by atoms with Crippen LogP contribution in [0.3, 0.4) is 0 Å². The quantitative estimate of drug-likeness (QED) is 0.759. The van der Waals surface area contributed by atoms with Gasteiger partial charge in [0, 0.05) is 51.5 Å². The van der Waals surface area contributed by atoms with E-state index < -0.39 is 0 Å². The number of hydrogen-bond acceptors (Lipinski definition) is 5. The zero-order chi connectivity index (χ0) is 19.4. The Labute approximate surface area is 159 Å². The van der Waals surface area contributed by atoms with E-state index in [4.69, 9.17) is 4.74 Å². The van der Waals surface area contributed by atoms with Crippen molar-refractivity contribution in [3.8, 4) is 5.75 Å². The number of hydrogen-bond donors (Lipinski definition) is 0. The Morgan fingerprint density at radius 3 is 2.44 bits per heavy atom. The van der Waals surface area contributed by atoms with Gasteiger partial charge in [-0.2, -0.15) is 0 Å². The van der Waals surface area contributed by atoms with Gasteiger partial charge in [0.25, 0.3) is 5.56 Å². The number of rotatable bonds is 6. The molecule has 1 aliphatic rings. The molecule has 7 heteroatoms. The first-order chi connectivity index (χ1) is 13.0. The van der Waals surface area contributed by atoms with Crippen LogP contribution in [-0.4, -0.2) is 53.9 Å². The van der Waals surface area contributed by atoms with Crippen LogP contribution in [0.25, 0.3) is 0 Å². The lowest BCUT2D eigenvalue weighted by atomic mass is 10.2. The molecule has 1 saturated heterocycles. The molecule has 0 unspecified atom stereocenters. The van der Waals surface area contributed by atoms with Crippen molar-refractivity contribution in [3.05, 3.63) is 56.9 Å². The molecular formula is C20H28N4O3. The molecule has 0 atom stereocenters. The topological polar surface area (TPSA) is 59.7 Å². The summed E-state index contributed by atoms with van der Waals surface area (Å²) < 4.78 is 8.29. The van der Waals surface area contributed by atoms with Crippen molar-refractivity contribution < 1.29 is 4.74 Å². The molecule has 2 heterocycles. The van der Waals surface area contributed by atoms with Crippen LogP contribution in [0.5, 0.6) is 5.75 Å². The maximum atomic E-state index is 12.2. The van der Waals surface area contributed by atoms with Crippen molar-refractivity contribution in [2.45, 2.75) is 19.9 Å². The number of aromatic nitrogens is 2. The van der Waals surface area contributed by atoms with Gasteiger partial charge in [0.05, 0.1) is 12.8 Å². The van der Waals surface area contributed by atoms with Crippen molar-refractivity contribution in [2.24, 2.45) is 7.05 Å². The van der Waals surface area contributed by atoms with Gasteiger partial charge in [0.2, 0.25) is 0 Å². The average molecular weight is 372 g/mol. The summed E-state index contributed by atoms with van der Waals surface area (Å²) >= 11 is 0. The van der Waals surface area contributed by atoms with E-state index in [1.54, 1.807) is 24.8 Å². The SMILES string of the molecule is COc1ccccc1N1CCN(CCCn2cc(C)c(=O)n(C)c2=O)CC1. The third kappa shape index (κ3) is 4.24. The van der Waals surface area contributed by atoms with Gasteiger partial charge in [0.15, 0.2) is 0 Å². The Morgan fingerprint density at radius 2 is 1.74 bits per heavy atom. The molecule has 146 valence electrons. The van der Waals surface area contributed by atoms with Crippen molar-refractivity contribution in [3.63, 3.8) is 0 Å². The second kappa shape index (κ2) is 8.43. The van der Waals surface area contributed by atoms with Gasteiger partial charge in [-0.05, 0) is 32.0 Å². The smallest absolute Gasteiger partial charge is 0.330 e. The minimum Gasteiger partial charge on any atom is -0.495 e. The summed E-state index contributed by atoms with van der Waals surface area (Å²) in [5, 5.41) is 0. The maximum Gasteiger partial charge on any atom is 0.330 e. The lowest BCUT2D eigenvalue weighted by Gasteiger charge is -2.36. The van der Waals surface area contributed by atoms with E-state index >= 15 is 0 Å². The van der Waals surface area contributed by atoms with Crippen LogP contribution in [0.1, 0.15) is 12.0 Å². The number of anilines is 1. The highest BCUT2D eigenvalue weighted by atomic mass is 16.5. The molecule has 1 aromatic heterocycles. The van der Waals surface area contributed by atoms with Crippen LogP contribution in [0.4, 0.5) is 5.69 Å². The maximum absolute atomic E-state index is 12.2. The van der Waals surface area contributed by atoms with E-state index in [0.717, 1.165) is 50.6 Å². The van der Waals surface area contributed by atoms with Gasteiger partial charge in [-0.1, -0.05) is 12.1 Å². The minimum atomic E-state index is -0.244. The van der Waals surface area contributed by atoms with Gasteiger partial charge in [0.1, 0.15) is 5.75 Å². The van der Waals surface area contributed by atoms with Gasteiger partial charge >= 0.3 is 5.69 Å². The van der Waals surface area contributed by atoms with Crippen LogP contribution in [0, 0.1) is 6.92 Å². The predicted molar refractivity (Wildman–Crippen MR) is 107 cm³/mol. The summed E-state index contributed by atoms with van der Waals surface area (Å²) in [5.74, 6) is 0.912. The van der Waals surface area contributed by atoms with Crippen LogP contribution in [0.2, 0.25) is 0 Å². The normalized spacial score (nSPS) is 15.1. The second-order valence-corrected chi connectivity index (χ2v) is 7.01. The van der Waals surface area contributed by atoms with E-state index in [2.05, 4.69) is 15.9 Å². The van der Waals surface area contributed by atoms with Crippen LogP contribution in [0.15, 0.2) is 40.1 Å². The fourth-order valence-electron chi connectivity index (χ4n) is 3.62. The van der Waals surface area contributed by atoms with Crippen molar-refractivity contribution in [1.82, 2.24) is 14.0 Å². The fourth-order valence-corrected chi connectivity index (χ4v) is 3.62. The van der Waals surface area contributed by atoms with Gasteiger partial charge in [-0.25, -0.2) is 4.79 Å². The number of piperazine rings is 1. The summed E-state index contributed by atoms with van der Waals surface area (Å²) in [6.07, 6.45) is 2.55. The number of aryl methyl sites for hydroxylation is 2. The molecule has 0 radical (unpaired) electrons. The highest BCUT2D eigenvalue weighted by molar-refractivity contribution is 5.58. The van der Waals surface area contributed by atoms with E-state index in [9.17, 15) is 9.59 Å². The number of ether oxygens (including phenoxy) is 1. The van der Waals surface area contributed by atoms with Gasteiger partial charge in [-0.15, -0.1) is 0 Å². The monoisotopic (exact) mass is 372 g/mol. The largest absolute Gasteiger partial charge is 0.495 e. The Bertz CT molecular complexity index is 895. The Balaban J connectivity index is 1.52. The summed E-state index contributed by atoms with van der Waals surface area (Å²) in [4.78, 5) is 28.7. The third-order valence-electron chi connectivity index (χ3n) is 5.20. The molecule has 0 bridgehead atoms. The molecular weight excluding hydrogens is 344 g/mol. The summed E-state index contributed by atoms with van der Waals surface area (Å²) in [6.45, 7) is 7.20. The molecule has 0 saturated carbocycles. The van der Waals surface area contributed by atoms with Crippen molar-refractivity contribution in [1.29, 1.82) is 0 Å². The molecule has 0 aliphatic carbocycles. The molecule has 0 N–H and O–H groups in total. The van der Waals surface area contributed by atoms with Crippen molar-refractivity contribution >= 4 is 5.69 Å². The van der Waals surface area contributed by atoms with E-state index in [1.165, 1.54) is 11.6 Å². The molecule has 1 aliphatic heterocycles. The van der Waals surface area contributed by atoms with Crippen LogP contribution < -0.4 is 20.9 Å². The summed E-state index contributed by atoms with van der Waals surface area (Å²) in [5.41, 5.74) is 1.28. The molecule has 27 heavy (non-hydrogen) atoms.